The number of amides is 1. The minimum absolute atomic E-state index is 0.0205. The van der Waals surface area contributed by atoms with E-state index in [0.717, 1.165) is 31.2 Å². The Balaban J connectivity index is 1.59. The first kappa shape index (κ1) is 10.6. The molecule has 1 N–H and O–H groups in total. The zero-order chi connectivity index (χ0) is 11.5. The van der Waals surface area contributed by atoms with Gasteiger partial charge in [-0.3, -0.25) is 4.79 Å². The Labute approximate surface area is 96.8 Å². The van der Waals surface area contributed by atoms with Gasteiger partial charge in [0.2, 0.25) is 0 Å². The van der Waals surface area contributed by atoms with E-state index in [4.69, 9.17) is 0 Å². The molecule has 1 saturated heterocycles. The van der Waals surface area contributed by atoms with E-state index in [1.807, 2.05) is 4.90 Å². The summed E-state index contributed by atoms with van der Waals surface area (Å²) in [5.74, 6) is 1.45. The summed E-state index contributed by atoms with van der Waals surface area (Å²) < 4.78 is 0. The van der Waals surface area contributed by atoms with Gasteiger partial charge in [0.15, 0.2) is 0 Å². The van der Waals surface area contributed by atoms with Gasteiger partial charge in [0.25, 0.3) is 5.91 Å². The number of carbonyl (C=O) groups is 1. The molecule has 4 atom stereocenters. The first-order valence-electron chi connectivity index (χ1n) is 6.49. The molecule has 3 fully saturated rings. The molecule has 2 aliphatic carbocycles. The fraction of sp³-hybridized carbons (Fsp3) is 0.923. The molecule has 0 aromatic carbocycles. The van der Waals surface area contributed by atoms with Crippen LogP contribution in [0.2, 0.25) is 0 Å². The minimum Gasteiger partial charge on any atom is -0.383 e. The van der Waals surface area contributed by atoms with Crippen LogP contribution in [-0.2, 0) is 4.79 Å². The van der Waals surface area contributed by atoms with E-state index in [1.54, 1.807) is 0 Å². The molecule has 0 aromatic rings. The van der Waals surface area contributed by atoms with Crippen LogP contribution in [0.5, 0.6) is 0 Å². The fourth-order valence-electron chi connectivity index (χ4n) is 3.18. The lowest BCUT2D eigenvalue weighted by molar-refractivity contribution is -0.142. The average Bonchev–Trinajstić information content (AvgIpc) is 3.11. The van der Waals surface area contributed by atoms with E-state index in [0.29, 0.717) is 12.5 Å². The van der Waals surface area contributed by atoms with Crippen LogP contribution in [0, 0.1) is 17.3 Å². The molecule has 90 valence electrons. The Morgan fingerprint density at radius 3 is 2.75 bits per heavy atom. The van der Waals surface area contributed by atoms with Crippen molar-refractivity contribution < 1.29 is 9.90 Å². The number of hydrogen-bond acceptors (Lipinski definition) is 2. The van der Waals surface area contributed by atoms with Gasteiger partial charge in [-0.1, -0.05) is 6.92 Å². The molecule has 4 unspecified atom stereocenters. The Hall–Kier alpha value is -0.570. The second kappa shape index (κ2) is 3.22. The van der Waals surface area contributed by atoms with Crippen LogP contribution >= 0.6 is 0 Å². The van der Waals surface area contributed by atoms with E-state index in [-0.39, 0.29) is 11.3 Å². The Kier molecular flexibility index (Phi) is 2.13. The molecule has 0 bridgehead atoms. The van der Waals surface area contributed by atoms with E-state index < -0.39 is 6.10 Å². The fourth-order valence-corrected chi connectivity index (χ4v) is 3.18. The third kappa shape index (κ3) is 1.65. The summed E-state index contributed by atoms with van der Waals surface area (Å²) in [6, 6.07) is 0.360. The maximum atomic E-state index is 12.1. The van der Waals surface area contributed by atoms with Crippen LogP contribution in [0.25, 0.3) is 0 Å². The van der Waals surface area contributed by atoms with Crippen molar-refractivity contribution in [2.24, 2.45) is 17.3 Å². The molecule has 0 aromatic heterocycles. The molecule has 0 radical (unpaired) electrons. The molecule has 1 amide bonds. The number of piperidine rings is 1. The van der Waals surface area contributed by atoms with E-state index in [2.05, 4.69) is 13.8 Å². The quantitative estimate of drug-likeness (QED) is 0.785. The van der Waals surface area contributed by atoms with Gasteiger partial charge in [0.1, 0.15) is 6.10 Å². The zero-order valence-electron chi connectivity index (χ0n) is 10.1. The molecule has 3 heteroatoms. The van der Waals surface area contributed by atoms with Crippen molar-refractivity contribution >= 4 is 5.91 Å². The molecular weight excluding hydrogens is 202 g/mol. The molecule has 0 spiro atoms. The van der Waals surface area contributed by atoms with Crippen LogP contribution in [0.4, 0.5) is 0 Å². The van der Waals surface area contributed by atoms with Crippen molar-refractivity contribution in [1.29, 1.82) is 0 Å². The van der Waals surface area contributed by atoms with Gasteiger partial charge in [0.05, 0.1) is 0 Å². The smallest absolute Gasteiger partial charge is 0.251 e. The van der Waals surface area contributed by atoms with Crippen molar-refractivity contribution in [3.05, 3.63) is 0 Å². The third-order valence-corrected chi connectivity index (χ3v) is 4.88. The number of rotatable bonds is 3. The van der Waals surface area contributed by atoms with Gasteiger partial charge < -0.3 is 10.0 Å². The normalized spacial score (nSPS) is 40.4. The summed E-state index contributed by atoms with van der Waals surface area (Å²) >= 11 is 0. The monoisotopic (exact) mass is 223 g/mol. The summed E-state index contributed by atoms with van der Waals surface area (Å²) in [6.07, 6.45) is 3.52. The highest BCUT2D eigenvalue weighted by Gasteiger charge is 2.53. The highest BCUT2D eigenvalue weighted by molar-refractivity contribution is 5.81. The highest BCUT2D eigenvalue weighted by Crippen LogP contribution is 2.51. The number of fused-ring (bicyclic) bond motifs is 1. The number of likely N-dealkylation sites (tertiary alicyclic amines) is 1. The van der Waals surface area contributed by atoms with Gasteiger partial charge in [-0.05, 0) is 49.9 Å². The molecule has 3 rings (SSSR count). The summed E-state index contributed by atoms with van der Waals surface area (Å²) in [5, 5.41) is 9.98. The summed E-state index contributed by atoms with van der Waals surface area (Å²) in [7, 11) is 0. The summed E-state index contributed by atoms with van der Waals surface area (Å²) in [4.78, 5) is 14.0. The number of aliphatic hydroxyl groups is 1. The largest absolute Gasteiger partial charge is 0.383 e. The zero-order valence-corrected chi connectivity index (χ0v) is 10.1. The van der Waals surface area contributed by atoms with Crippen molar-refractivity contribution in [3.8, 4) is 0 Å². The number of hydrogen-bond donors (Lipinski definition) is 1. The molecule has 1 aliphatic heterocycles. The van der Waals surface area contributed by atoms with Gasteiger partial charge in [-0.15, -0.1) is 0 Å². The Bertz CT molecular complexity index is 324. The molecule has 3 aliphatic rings. The standard InChI is InChI=1S/C13H21NO2/c1-8-10-5-9(10)7-14(8)12(16)11(15)6-13(2)3-4-13/h8-11,15H,3-7H2,1-2H3. The molecule has 1 heterocycles. The van der Waals surface area contributed by atoms with Gasteiger partial charge in [-0.2, -0.15) is 0 Å². The second-order valence-electron chi connectivity index (χ2n) is 6.42. The SMILES string of the molecule is CC1C2CC2CN1C(=O)C(O)CC1(C)CC1. The van der Waals surface area contributed by atoms with Crippen molar-refractivity contribution in [3.63, 3.8) is 0 Å². The molecule has 3 nitrogen and oxygen atoms in total. The first-order valence-corrected chi connectivity index (χ1v) is 6.49. The van der Waals surface area contributed by atoms with Crippen LogP contribution in [0.3, 0.4) is 0 Å². The molecule has 16 heavy (non-hydrogen) atoms. The molecular formula is C13H21NO2. The predicted molar refractivity (Wildman–Crippen MR) is 60.7 cm³/mol. The summed E-state index contributed by atoms with van der Waals surface area (Å²) in [6.45, 7) is 5.17. The Morgan fingerprint density at radius 1 is 1.56 bits per heavy atom. The van der Waals surface area contributed by atoms with E-state index in [1.165, 1.54) is 6.42 Å². The number of nitrogens with zero attached hydrogens (tertiary/aromatic N) is 1. The lowest BCUT2D eigenvalue weighted by Gasteiger charge is -2.27. The van der Waals surface area contributed by atoms with Crippen molar-refractivity contribution in [2.75, 3.05) is 6.54 Å². The lowest BCUT2D eigenvalue weighted by atomic mass is 10.00. The van der Waals surface area contributed by atoms with Crippen LogP contribution < -0.4 is 0 Å². The van der Waals surface area contributed by atoms with Crippen LogP contribution in [0.15, 0.2) is 0 Å². The van der Waals surface area contributed by atoms with Crippen LogP contribution in [-0.4, -0.2) is 34.6 Å². The minimum atomic E-state index is -0.757. The third-order valence-electron chi connectivity index (χ3n) is 4.88. The van der Waals surface area contributed by atoms with Gasteiger partial charge >= 0.3 is 0 Å². The highest BCUT2D eigenvalue weighted by atomic mass is 16.3. The summed E-state index contributed by atoms with van der Waals surface area (Å²) in [5.41, 5.74) is 0.251. The Morgan fingerprint density at radius 2 is 2.25 bits per heavy atom. The number of carbonyl (C=O) groups excluding carboxylic acids is 1. The van der Waals surface area contributed by atoms with Gasteiger partial charge in [0, 0.05) is 12.6 Å². The van der Waals surface area contributed by atoms with E-state index in [9.17, 15) is 9.90 Å². The number of aliphatic hydroxyl groups excluding tert-OH is 1. The molecule has 2 saturated carbocycles. The van der Waals surface area contributed by atoms with Crippen molar-refractivity contribution in [2.45, 2.75) is 51.7 Å². The van der Waals surface area contributed by atoms with Crippen molar-refractivity contribution in [1.82, 2.24) is 4.90 Å². The average molecular weight is 223 g/mol. The topological polar surface area (TPSA) is 40.5 Å². The van der Waals surface area contributed by atoms with Crippen LogP contribution in [0.1, 0.15) is 39.5 Å². The van der Waals surface area contributed by atoms with Gasteiger partial charge in [-0.25, -0.2) is 0 Å². The lowest BCUT2D eigenvalue weighted by Crippen LogP contribution is -2.43. The second-order valence-corrected chi connectivity index (χ2v) is 6.42. The van der Waals surface area contributed by atoms with E-state index >= 15 is 0 Å². The maximum absolute atomic E-state index is 12.1. The predicted octanol–water partition coefficient (Wildman–Crippen LogP) is 1.40. The first-order chi connectivity index (χ1) is 7.50. The maximum Gasteiger partial charge on any atom is 0.251 e.